The highest BCUT2D eigenvalue weighted by atomic mass is 19.4. The monoisotopic (exact) mass is 441 g/mol. The van der Waals surface area contributed by atoms with Crippen molar-refractivity contribution < 1.29 is 27.8 Å². The number of hydrogen-bond acceptors (Lipinski definition) is 7. The van der Waals surface area contributed by atoms with E-state index < -0.39 is 12.1 Å². The molecule has 1 aliphatic carbocycles. The molecular formula is C20H26F3N5O3. The van der Waals surface area contributed by atoms with Gasteiger partial charge in [0.25, 0.3) is 0 Å². The SMILES string of the molecule is NC1CCC(N)(c2cc(N3CCOCC3)cc3nccnc23)CC1.O=C(O)C(F)(F)F. The first-order chi connectivity index (χ1) is 14.6. The first-order valence-corrected chi connectivity index (χ1v) is 10.0. The number of halogens is 3. The van der Waals surface area contributed by atoms with Gasteiger partial charge in [-0.1, -0.05) is 0 Å². The lowest BCUT2D eigenvalue weighted by molar-refractivity contribution is -0.192. The zero-order valence-corrected chi connectivity index (χ0v) is 16.9. The summed E-state index contributed by atoms with van der Waals surface area (Å²) in [5.41, 5.74) is 16.7. The summed E-state index contributed by atoms with van der Waals surface area (Å²) in [6.07, 6.45) is 2.12. The molecule has 11 heteroatoms. The van der Waals surface area contributed by atoms with Crippen molar-refractivity contribution in [2.75, 3.05) is 31.2 Å². The zero-order chi connectivity index (χ0) is 22.6. The number of carbonyl (C=O) groups is 1. The van der Waals surface area contributed by atoms with Gasteiger partial charge >= 0.3 is 12.1 Å². The highest BCUT2D eigenvalue weighted by Gasteiger charge is 2.38. The molecule has 2 fully saturated rings. The summed E-state index contributed by atoms with van der Waals surface area (Å²) in [7, 11) is 0. The number of morpholine rings is 1. The fourth-order valence-corrected chi connectivity index (χ4v) is 3.87. The molecule has 4 rings (SSSR count). The largest absolute Gasteiger partial charge is 0.490 e. The molecule has 5 N–H and O–H groups in total. The Balaban J connectivity index is 0.000000339. The average molecular weight is 441 g/mol. The van der Waals surface area contributed by atoms with Crippen LogP contribution in [0.3, 0.4) is 0 Å². The number of carboxylic acids is 1. The Hall–Kier alpha value is -2.50. The minimum absolute atomic E-state index is 0.265. The van der Waals surface area contributed by atoms with Crippen molar-refractivity contribution in [3.63, 3.8) is 0 Å². The number of aromatic nitrogens is 2. The number of nitrogens with zero attached hydrogens (tertiary/aromatic N) is 3. The third kappa shape index (κ3) is 5.60. The number of fused-ring (bicyclic) bond motifs is 1. The lowest BCUT2D eigenvalue weighted by Crippen LogP contribution is -2.44. The molecule has 0 radical (unpaired) electrons. The van der Waals surface area contributed by atoms with E-state index in [1.54, 1.807) is 12.4 Å². The van der Waals surface area contributed by atoms with Crippen molar-refractivity contribution in [3.05, 3.63) is 30.1 Å². The molecular weight excluding hydrogens is 415 g/mol. The summed E-state index contributed by atoms with van der Waals surface area (Å²) >= 11 is 0. The van der Waals surface area contributed by atoms with Crippen molar-refractivity contribution in [1.29, 1.82) is 0 Å². The lowest BCUT2D eigenvalue weighted by atomic mass is 9.75. The van der Waals surface area contributed by atoms with Crippen LogP contribution < -0.4 is 16.4 Å². The number of anilines is 1. The summed E-state index contributed by atoms with van der Waals surface area (Å²) in [6.45, 7) is 3.31. The maximum atomic E-state index is 10.6. The molecule has 0 unspecified atom stereocenters. The van der Waals surface area contributed by atoms with Gasteiger partial charge in [0.05, 0.1) is 24.2 Å². The first-order valence-electron chi connectivity index (χ1n) is 10.0. The highest BCUT2D eigenvalue weighted by molar-refractivity contribution is 5.83. The number of aliphatic carboxylic acids is 1. The van der Waals surface area contributed by atoms with E-state index >= 15 is 0 Å². The second-order valence-corrected chi connectivity index (χ2v) is 7.81. The molecule has 1 aromatic heterocycles. The Morgan fingerprint density at radius 2 is 1.74 bits per heavy atom. The van der Waals surface area contributed by atoms with Gasteiger partial charge in [-0.3, -0.25) is 9.97 Å². The van der Waals surface area contributed by atoms with Crippen LogP contribution in [0, 0.1) is 0 Å². The van der Waals surface area contributed by atoms with Crippen LogP contribution in [0.5, 0.6) is 0 Å². The van der Waals surface area contributed by atoms with Crippen LogP contribution in [0.1, 0.15) is 31.2 Å². The van der Waals surface area contributed by atoms with Crippen LogP contribution in [0.2, 0.25) is 0 Å². The molecule has 2 aliphatic rings. The molecule has 31 heavy (non-hydrogen) atoms. The van der Waals surface area contributed by atoms with Crippen molar-refractivity contribution in [3.8, 4) is 0 Å². The van der Waals surface area contributed by atoms with E-state index in [1.807, 2.05) is 0 Å². The fourth-order valence-electron chi connectivity index (χ4n) is 3.87. The number of carboxylic acid groups (broad SMARTS) is 1. The second-order valence-electron chi connectivity index (χ2n) is 7.81. The molecule has 1 aliphatic heterocycles. The summed E-state index contributed by atoms with van der Waals surface area (Å²) in [5, 5.41) is 7.12. The fraction of sp³-hybridized carbons (Fsp3) is 0.550. The molecule has 1 saturated carbocycles. The van der Waals surface area contributed by atoms with Crippen LogP contribution in [0.15, 0.2) is 24.5 Å². The van der Waals surface area contributed by atoms with Gasteiger partial charge in [-0.05, 0) is 37.8 Å². The van der Waals surface area contributed by atoms with Gasteiger partial charge in [0.1, 0.15) is 0 Å². The van der Waals surface area contributed by atoms with E-state index in [9.17, 15) is 13.2 Å². The summed E-state index contributed by atoms with van der Waals surface area (Å²) in [5.74, 6) is -2.76. The molecule has 0 amide bonds. The number of alkyl halides is 3. The number of ether oxygens (including phenoxy) is 1. The summed E-state index contributed by atoms with van der Waals surface area (Å²) in [6, 6.07) is 4.61. The minimum atomic E-state index is -5.08. The van der Waals surface area contributed by atoms with E-state index in [4.69, 9.17) is 26.1 Å². The van der Waals surface area contributed by atoms with Gasteiger partial charge in [-0.2, -0.15) is 13.2 Å². The van der Waals surface area contributed by atoms with Gasteiger partial charge in [0, 0.05) is 48.3 Å². The maximum Gasteiger partial charge on any atom is 0.490 e. The second kappa shape index (κ2) is 9.33. The van der Waals surface area contributed by atoms with Crippen molar-refractivity contribution in [1.82, 2.24) is 9.97 Å². The first kappa shape index (κ1) is 23.2. The number of hydrogen-bond donors (Lipinski definition) is 3. The van der Waals surface area contributed by atoms with Crippen molar-refractivity contribution >= 4 is 22.7 Å². The molecule has 1 saturated heterocycles. The van der Waals surface area contributed by atoms with Gasteiger partial charge in [0.2, 0.25) is 0 Å². The Kier molecular flexibility index (Phi) is 6.97. The van der Waals surface area contributed by atoms with Crippen LogP contribution in [-0.4, -0.2) is 59.6 Å². The molecule has 0 atom stereocenters. The van der Waals surface area contributed by atoms with E-state index in [-0.39, 0.29) is 11.6 Å². The third-order valence-corrected chi connectivity index (χ3v) is 5.64. The zero-order valence-electron chi connectivity index (χ0n) is 16.9. The summed E-state index contributed by atoms with van der Waals surface area (Å²) in [4.78, 5) is 20.4. The van der Waals surface area contributed by atoms with Crippen molar-refractivity contribution in [2.24, 2.45) is 11.5 Å². The van der Waals surface area contributed by atoms with Crippen molar-refractivity contribution in [2.45, 2.75) is 43.4 Å². The van der Waals surface area contributed by atoms with Gasteiger partial charge in [-0.15, -0.1) is 0 Å². The number of nitrogens with two attached hydrogens (primary N) is 2. The third-order valence-electron chi connectivity index (χ3n) is 5.64. The molecule has 0 spiro atoms. The molecule has 8 nitrogen and oxygen atoms in total. The molecule has 170 valence electrons. The standard InChI is InChI=1S/C18H25N5O.C2HF3O2/c19-13-1-3-18(20,4-2-13)15-11-14(23-7-9-24-10-8-23)12-16-17(15)22-6-5-21-16;3-2(4,5)1(6)7/h5-6,11-13H,1-4,7-10,19-20H2;(H,6,7). The van der Waals surface area contributed by atoms with Gasteiger partial charge in [-0.25, -0.2) is 4.79 Å². The number of benzene rings is 1. The van der Waals surface area contributed by atoms with E-state index in [0.29, 0.717) is 0 Å². The molecule has 2 heterocycles. The smallest absolute Gasteiger partial charge is 0.475 e. The van der Waals surface area contributed by atoms with Crippen LogP contribution in [0.25, 0.3) is 11.0 Å². The minimum Gasteiger partial charge on any atom is -0.475 e. The van der Waals surface area contributed by atoms with Gasteiger partial charge < -0.3 is 26.2 Å². The molecule has 1 aromatic carbocycles. The van der Waals surface area contributed by atoms with Crippen LogP contribution >= 0.6 is 0 Å². The number of rotatable bonds is 2. The topological polar surface area (TPSA) is 128 Å². The van der Waals surface area contributed by atoms with Crippen LogP contribution in [-0.2, 0) is 15.1 Å². The van der Waals surface area contributed by atoms with E-state index in [0.717, 1.165) is 68.6 Å². The Bertz CT molecular complexity index is 911. The van der Waals surface area contributed by atoms with E-state index in [2.05, 4.69) is 27.0 Å². The Morgan fingerprint density at radius 3 is 2.32 bits per heavy atom. The van der Waals surface area contributed by atoms with Crippen LogP contribution in [0.4, 0.5) is 18.9 Å². The summed E-state index contributed by atoms with van der Waals surface area (Å²) < 4.78 is 37.2. The predicted molar refractivity (Wildman–Crippen MR) is 109 cm³/mol. The maximum absolute atomic E-state index is 10.6. The quantitative estimate of drug-likeness (QED) is 0.647. The van der Waals surface area contributed by atoms with E-state index in [1.165, 1.54) is 5.69 Å². The lowest BCUT2D eigenvalue weighted by Gasteiger charge is -2.38. The highest BCUT2D eigenvalue weighted by Crippen LogP contribution is 2.39. The average Bonchev–Trinajstić information content (AvgIpc) is 2.75. The molecule has 2 aromatic rings. The Labute approximate surface area is 177 Å². The Morgan fingerprint density at radius 1 is 1.16 bits per heavy atom. The normalized spacial score (nSPS) is 24.4. The predicted octanol–water partition coefficient (Wildman–Crippen LogP) is 2.16. The molecule has 0 bridgehead atoms. The van der Waals surface area contributed by atoms with Gasteiger partial charge in [0.15, 0.2) is 0 Å².